The predicted molar refractivity (Wildman–Crippen MR) is 126 cm³/mol. The smallest absolute Gasteiger partial charge is 0.00129 e. The van der Waals surface area contributed by atoms with Crippen LogP contribution in [0.15, 0.2) is 30.3 Å². The second-order valence-corrected chi connectivity index (χ2v) is 10.6. The van der Waals surface area contributed by atoms with E-state index in [0.29, 0.717) is 10.8 Å². The molecule has 1 nitrogen and oxygen atoms in total. The van der Waals surface area contributed by atoms with Crippen molar-refractivity contribution in [3.8, 4) is 0 Å². The lowest BCUT2D eigenvalue weighted by molar-refractivity contribution is 0.228. The van der Waals surface area contributed by atoms with Crippen molar-refractivity contribution >= 4 is 18.0 Å². The molecule has 1 saturated heterocycles. The minimum absolute atomic E-state index is 0. The molecule has 0 aromatic heterocycles. The van der Waals surface area contributed by atoms with Crippen molar-refractivity contribution in [1.29, 1.82) is 0 Å². The maximum absolute atomic E-state index is 2.71. The fourth-order valence-corrected chi connectivity index (χ4v) is 5.78. The largest absolute Gasteiger partial charge is 0.303 e. The van der Waals surface area contributed by atoms with Crippen LogP contribution in [0.3, 0.4) is 0 Å². The van der Waals surface area contributed by atoms with Crippen LogP contribution in [0.4, 0.5) is 0 Å². The van der Waals surface area contributed by atoms with Crippen molar-refractivity contribution in [3.05, 3.63) is 41.5 Å². The predicted octanol–water partition coefficient (Wildman–Crippen LogP) is 7.71. The van der Waals surface area contributed by atoms with Crippen LogP contribution >= 0.6 is 12.4 Å². The molecule has 1 aliphatic heterocycles. The van der Waals surface area contributed by atoms with Crippen molar-refractivity contribution in [3.63, 3.8) is 0 Å². The van der Waals surface area contributed by atoms with Gasteiger partial charge in [0.2, 0.25) is 0 Å². The molecule has 2 heteroatoms. The SMILES string of the molecule is CCCCN1CCCC(c2ccccc2C2=CC(C)(C)CC(C)(C)C2)CC1.Cl. The number of halogens is 1. The minimum Gasteiger partial charge on any atom is -0.303 e. The number of nitrogens with zero attached hydrogens (tertiary/aromatic N) is 1. The third kappa shape index (κ3) is 6.10. The Balaban J connectivity index is 0.00000280. The molecular formula is C26H42ClN. The molecule has 3 rings (SSSR count). The fourth-order valence-electron chi connectivity index (χ4n) is 5.78. The Morgan fingerprint density at radius 2 is 1.79 bits per heavy atom. The van der Waals surface area contributed by atoms with Gasteiger partial charge in [0.15, 0.2) is 0 Å². The summed E-state index contributed by atoms with van der Waals surface area (Å²) in [7, 11) is 0. The van der Waals surface area contributed by atoms with Crippen molar-refractivity contribution in [1.82, 2.24) is 4.90 Å². The summed E-state index contributed by atoms with van der Waals surface area (Å²) >= 11 is 0. The molecule has 158 valence electrons. The van der Waals surface area contributed by atoms with Crippen molar-refractivity contribution in [2.75, 3.05) is 19.6 Å². The first-order valence-electron chi connectivity index (χ1n) is 11.3. The molecule has 1 heterocycles. The zero-order valence-corrected chi connectivity index (χ0v) is 19.7. The number of likely N-dealkylation sites (tertiary alicyclic amines) is 1. The van der Waals surface area contributed by atoms with Crippen LogP contribution < -0.4 is 0 Å². The number of hydrogen-bond acceptors (Lipinski definition) is 1. The second kappa shape index (κ2) is 9.81. The zero-order valence-electron chi connectivity index (χ0n) is 18.9. The van der Waals surface area contributed by atoms with E-state index in [-0.39, 0.29) is 12.4 Å². The summed E-state index contributed by atoms with van der Waals surface area (Å²) in [5, 5.41) is 0. The van der Waals surface area contributed by atoms with Crippen LogP contribution in [-0.2, 0) is 0 Å². The maximum Gasteiger partial charge on any atom is -0.00129 e. The summed E-state index contributed by atoms with van der Waals surface area (Å²) in [5.41, 5.74) is 5.45. The molecule has 0 spiro atoms. The Bertz CT molecular complexity index is 658. The molecule has 1 aromatic rings. The van der Waals surface area contributed by atoms with Crippen LogP contribution in [0.5, 0.6) is 0 Å². The summed E-state index contributed by atoms with van der Waals surface area (Å²) in [6, 6.07) is 9.34. The molecule has 0 N–H and O–H groups in total. The Labute approximate surface area is 180 Å². The lowest BCUT2D eigenvalue weighted by atomic mass is 9.65. The molecule has 1 unspecified atom stereocenters. The van der Waals surface area contributed by atoms with Gasteiger partial charge in [-0.15, -0.1) is 12.4 Å². The Hall–Kier alpha value is -0.790. The number of unbranched alkanes of at least 4 members (excludes halogenated alkanes) is 1. The summed E-state index contributed by atoms with van der Waals surface area (Å²) in [6.07, 6.45) is 11.7. The van der Waals surface area contributed by atoms with Gasteiger partial charge in [-0.1, -0.05) is 71.4 Å². The summed E-state index contributed by atoms with van der Waals surface area (Å²) in [5.74, 6) is 0.724. The Morgan fingerprint density at radius 3 is 2.50 bits per heavy atom. The Morgan fingerprint density at radius 1 is 1.04 bits per heavy atom. The maximum atomic E-state index is 2.71. The average molecular weight is 404 g/mol. The lowest BCUT2D eigenvalue weighted by Gasteiger charge is -2.40. The van der Waals surface area contributed by atoms with E-state index in [2.05, 4.69) is 69.9 Å². The molecule has 1 atom stereocenters. The van der Waals surface area contributed by atoms with Gasteiger partial charge < -0.3 is 4.90 Å². The van der Waals surface area contributed by atoms with Gasteiger partial charge in [-0.05, 0) is 91.6 Å². The molecule has 0 bridgehead atoms. The van der Waals surface area contributed by atoms with Crippen LogP contribution in [0.25, 0.3) is 5.57 Å². The average Bonchev–Trinajstić information content (AvgIpc) is 2.83. The molecule has 1 aliphatic carbocycles. The van der Waals surface area contributed by atoms with E-state index < -0.39 is 0 Å². The van der Waals surface area contributed by atoms with Gasteiger partial charge in [0.1, 0.15) is 0 Å². The lowest BCUT2D eigenvalue weighted by Crippen LogP contribution is -2.27. The van der Waals surface area contributed by atoms with Crippen LogP contribution in [0.2, 0.25) is 0 Å². The third-order valence-electron chi connectivity index (χ3n) is 6.56. The highest BCUT2D eigenvalue weighted by molar-refractivity contribution is 5.85. The first-order chi connectivity index (χ1) is 12.8. The van der Waals surface area contributed by atoms with Crippen molar-refractivity contribution < 1.29 is 0 Å². The van der Waals surface area contributed by atoms with E-state index >= 15 is 0 Å². The highest BCUT2D eigenvalue weighted by Crippen LogP contribution is 2.48. The molecule has 0 amide bonds. The number of allylic oxidation sites excluding steroid dienone is 2. The van der Waals surface area contributed by atoms with Gasteiger partial charge in [0.25, 0.3) is 0 Å². The third-order valence-corrected chi connectivity index (χ3v) is 6.56. The minimum atomic E-state index is 0. The van der Waals surface area contributed by atoms with Crippen LogP contribution in [0.1, 0.15) is 96.6 Å². The van der Waals surface area contributed by atoms with Crippen LogP contribution in [-0.4, -0.2) is 24.5 Å². The Kier molecular flexibility index (Phi) is 8.23. The highest BCUT2D eigenvalue weighted by atomic mass is 35.5. The molecule has 0 radical (unpaired) electrons. The first kappa shape index (κ1) is 23.5. The quantitative estimate of drug-likeness (QED) is 0.486. The van der Waals surface area contributed by atoms with Gasteiger partial charge in [-0.3, -0.25) is 0 Å². The summed E-state index contributed by atoms with van der Waals surface area (Å²) in [6.45, 7) is 15.9. The van der Waals surface area contributed by atoms with Gasteiger partial charge in [0, 0.05) is 0 Å². The van der Waals surface area contributed by atoms with E-state index in [1.165, 1.54) is 64.6 Å². The zero-order chi connectivity index (χ0) is 19.5. The van der Waals surface area contributed by atoms with Gasteiger partial charge in [-0.2, -0.15) is 0 Å². The molecule has 1 aromatic carbocycles. The monoisotopic (exact) mass is 403 g/mol. The fraction of sp³-hybridized carbons (Fsp3) is 0.692. The van der Waals surface area contributed by atoms with Crippen molar-refractivity contribution in [2.24, 2.45) is 10.8 Å². The van der Waals surface area contributed by atoms with E-state index in [4.69, 9.17) is 0 Å². The number of rotatable bonds is 5. The number of benzene rings is 1. The first-order valence-corrected chi connectivity index (χ1v) is 11.3. The highest BCUT2D eigenvalue weighted by Gasteiger charge is 2.34. The van der Waals surface area contributed by atoms with E-state index in [1.54, 1.807) is 16.7 Å². The molecule has 2 aliphatic rings. The van der Waals surface area contributed by atoms with E-state index in [1.807, 2.05) is 0 Å². The van der Waals surface area contributed by atoms with E-state index in [9.17, 15) is 0 Å². The molecule has 1 fully saturated rings. The van der Waals surface area contributed by atoms with Crippen molar-refractivity contribution in [2.45, 2.75) is 85.5 Å². The molecule has 28 heavy (non-hydrogen) atoms. The standard InChI is InChI=1S/C26H41N.ClH/c1-6-7-15-27-16-10-11-21(14-17-27)23-12-8-9-13-24(23)22-18-25(2,3)20-26(4,5)19-22;/h8-9,12-13,18,21H,6-7,10-11,14-17,19-20H2,1-5H3;1H. The van der Waals surface area contributed by atoms with Gasteiger partial charge >= 0.3 is 0 Å². The van der Waals surface area contributed by atoms with E-state index in [0.717, 1.165) is 5.92 Å². The topological polar surface area (TPSA) is 3.24 Å². The second-order valence-electron chi connectivity index (χ2n) is 10.6. The normalized spacial score (nSPS) is 24.8. The van der Waals surface area contributed by atoms with Gasteiger partial charge in [-0.25, -0.2) is 0 Å². The summed E-state index contributed by atoms with van der Waals surface area (Å²) < 4.78 is 0. The molecule has 0 saturated carbocycles. The van der Waals surface area contributed by atoms with Crippen LogP contribution in [0, 0.1) is 10.8 Å². The molecular weight excluding hydrogens is 362 g/mol. The van der Waals surface area contributed by atoms with Gasteiger partial charge in [0.05, 0.1) is 0 Å². The number of hydrogen-bond donors (Lipinski definition) is 0. The summed E-state index contributed by atoms with van der Waals surface area (Å²) in [4.78, 5) is 2.71.